The second kappa shape index (κ2) is 4.73. The fourth-order valence-corrected chi connectivity index (χ4v) is 2.26. The molecule has 0 aliphatic heterocycles. The zero-order valence-electron chi connectivity index (χ0n) is 9.95. The Morgan fingerprint density at radius 1 is 1.44 bits per heavy atom. The van der Waals surface area contributed by atoms with Crippen molar-refractivity contribution in [3.63, 3.8) is 0 Å². The van der Waals surface area contributed by atoms with Gasteiger partial charge in [0.1, 0.15) is 10.7 Å². The molecule has 0 bridgehead atoms. The number of aromatic nitrogens is 1. The number of carbonyl (C=O) groups is 1. The number of nitrogens with one attached hydrogen (secondary N) is 1. The number of rotatable bonds is 2. The van der Waals surface area contributed by atoms with Gasteiger partial charge < -0.3 is 11.1 Å². The van der Waals surface area contributed by atoms with Crippen LogP contribution in [0.4, 0.5) is 15.2 Å². The lowest BCUT2D eigenvalue weighted by atomic mass is 10.2. The Labute approximate surface area is 108 Å². The van der Waals surface area contributed by atoms with E-state index in [1.807, 2.05) is 0 Å². The predicted molar refractivity (Wildman–Crippen MR) is 70.4 cm³/mol. The molecule has 0 atom stereocenters. The van der Waals surface area contributed by atoms with Crippen LogP contribution in [0.2, 0.25) is 0 Å². The van der Waals surface area contributed by atoms with Crippen molar-refractivity contribution in [3.8, 4) is 0 Å². The highest BCUT2D eigenvalue weighted by atomic mass is 32.1. The van der Waals surface area contributed by atoms with Crippen molar-refractivity contribution >= 4 is 28.1 Å². The summed E-state index contributed by atoms with van der Waals surface area (Å²) >= 11 is 1.11. The highest BCUT2D eigenvalue weighted by Crippen LogP contribution is 2.22. The number of nitrogens with two attached hydrogens (primary N) is 1. The van der Waals surface area contributed by atoms with Gasteiger partial charge in [-0.1, -0.05) is 17.4 Å². The smallest absolute Gasteiger partial charge is 0.267 e. The van der Waals surface area contributed by atoms with Crippen LogP contribution in [-0.4, -0.2) is 10.9 Å². The van der Waals surface area contributed by atoms with Crippen LogP contribution in [0.5, 0.6) is 0 Å². The average Bonchev–Trinajstić information content (AvgIpc) is 2.63. The Morgan fingerprint density at radius 2 is 2.17 bits per heavy atom. The first-order valence-electron chi connectivity index (χ1n) is 5.28. The van der Waals surface area contributed by atoms with E-state index in [9.17, 15) is 9.18 Å². The molecule has 1 aromatic heterocycles. The molecular weight excluding hydrogens is 253 g/mol. The van der Waals surface area contributed by atoms with Gasteiger partial charge in [0.15, 0.2) is 5.13 Å². The van der Waals surface area contributed by atoms with Crippen LogP contribution in [0.15, 0.2) is 18.2 Å². The molecule has 18 heavy (non-hydrogen) atoms. The number of aryl methyl sites for hydroxylation is 2. The van der Waals surface area contributed by atoms with E-state index in [0.717, 1.165) is 16.9 Å². The van der Waals surface area contributed by atoms with Gasteiger partial charge >= 0.3 is 0 Å². The van der Waals surface area contributed by atoms with Gasteiger partial charge in [0.2, 0.25) is 0 Å². The summed E-state index contributed by atoms with van der Waals surface area (Å²) < 4.78 is 13.1. The van der Waals surface area contributed by atoms with Gasteiger partial charge in [0, 0.05) is 5.69 Å². The van der Waals surface area contributed by atoms with Gasteiger partial charge in [-0.25, -0.2) is 9.37 Å². The van der Waals surface area contributed by atoms with Crippen molar-refractivity contribution in [2.45, 2.75) is 13.8 Å². The summed E-state index contributed by atoms with van der Waals surface area (Å²) in [7, 11) is 0. The fourth-order valence-electron chi connectivity index (χ4n) is 1.54. The van der Waals surface area contributed by atoms with E-state index < -0.39 is 5.82 Å². The normalized spacial score (nSPS) is 10.4. The van der Waals surface area contributed by atoms with Crippen LogP contribution in [0.1, 0.15) is 20.9 Å². The predicted octanol–water partition coefficient (Wildman–Crippen LogP) is 2.73. The Balaban J connectivity index is 2.26. The lowest BCUT2D eigenvalue weighted by Gasteiger charge is -2.07. The molecule has 2 rings (SSSR count). The number of thiazole rings is 1. The third-order valence-corrected chi connectivity index (χ3v) is 3.45. The Hall–Kier alpha value is -1.95. The molecule has 4 nitrogen and oxygen atoms in total. The van der Waals surface area contributed by atoms with Gasteiger partial charge in [-0.3, -0.25) is 4.79 Å². The molecule has 0 radical (unpaired) electrons. The number of nitrogen functional groups attached to an aromatic ring is 1. The summed E-state index contributed by atoms with van der Waals surface area (Å²) in [4.78, 5) is 16.4. The van der Waals surface area contributed by atoms with E-state index in [2.05, 4.69) is 10.3 Å². The lowest BCUT2D eigenvalue weighted by Crippen LogP contribution is -2.12. The lowest BCUT2D eigenvalue weighted by molar-refractivity contribution is 0.102. The first-order valence-corrected chi connectivity index (χ1v) is 6.09. The third-order valence-electron chi connectivity index (χ3n) is 2.47. The summed E-state index contributed by atoms with van der Waals surface area (Å²) in [6.45, 7) is 3.50. The molecule has 0 fully saturated rings. The second-order valence-corrected chi connectivity index (χ2v) is 4.91. The molecule has 0 unspecified atom stereocenters. The Morgan fingerprint density at radius 3 is 2.78 bits per heavy atom. The molecule has 6 heteroatoms. The molecule has 3 N–H and O–H groups in total. The molecule has 0 aliphatic carbocycles. The molecule has 94 valence electrons. The van der Waals surface area contributed by atoms with Crippen molar-refractivity contribution < 1.29 is 9.18 Å². The standard InChI is InChI=1S/C12H12FN3OS/c1-6-3-4-8(13)5-9(6)16-11(17)10-7(2)15-12(14)18-10/h3-5H,1-2H3,(H2,14,15)(H,16,17). The van der Waals surface area contributed by atoms with E-state index in [4.69, 9.17) is 5.73 Å². The second-order valence-electron chi connectivity index (χ2n) is 3.88. The number of carbonyl (C=O) groups excluding carboxylic acids is 1. The number of amides is 1. The number of hydrogen-bond acceptors (Lipinski definition) is 4. The van der Waals surface area contributed by atoms with Crippen LogP contribution in [-0.2, 0) is 0 Å². The molecule has 0 saturated carbocycles. The van der Waals surface area contributed by atoms with Gasteiger partial charge in [0.05, 0.1) is 5.69 Å². The van der Waals surface area contributed by atoms with Crippen LogP contribution in [0, 0.1) is 19.7 Å². The zero-order valence-corrected chi connectivity index (χ0v) is 10.8. The van der Waals surface area contributed by atoms with Gasteiger partial charge in [-0.2, -0.15) is 0 Å². The quantitative estimate of drug-likeness (QED) is 0.877. The summed E-state index contributed by atoms with van der Waals surface area (Å²) in [6.07, 6.45) is 0. The largest absolute Gasteiger partial charge is 0.375 e. The van der Waals surface area contributed by atoms with Crippen molar-refractivity contribution in [2.75, 3.05) is 11.1 Å². The maximum atomic E-state index is 13.1. The van der Waals surface area contributed by atoms with Gasteiger partial charge in [-0.15, -0.1) is 0 Å². The van der Waals surface area contributed by atoms with E-state index in [-0.39, 0.29) is 5.91 Å². The maximum Gasteiger partial charge on any atom is 0.267 e. The minimum Gasteiger partial charge on any atom is -0.375 e. The molecule has 1 aromatic carbocycles. The van der Waals surface area contributed by atoms with E-state index >= 15 is 0 Å². The van der Waals surface area contributed by atoms with Gasteiger partial charge in [0.25, 0.3) is 5.91 Å². The topological polar surface area (TPSA) is 68.0 Å². The third kappa shape index (κ3) is 2.48. The van der Waals surface area contributed by atoms with Crippen LogP contribution in [0.25, 0.3) is 0 Å². The summed E-state index contributed by atoms with van der Waals surface area (Å²) in [6, 6.07) is 4.24. The Bertz CT molecular complexity index is 609. The van der Waals surface area contributed by atoms with E-state index in [1.54, 1.807) is 19.9 Å². The maximum absolute atomic E-state index is 13.1. The van der Waals surface area contributed by atoms with Crippen LogP contribution < -0.4 is 11.1 Å². The highest BCUT2D eigenvalue weighted by Gasteiger charge is 2.15. The minimum atomic E-state index is -0.392. The van der Waals surface area contributed by atoms with Crippen molar-refractivity contribution in [1.82, 2.24) is 4.98 Å². The minimum absolute atomic E-state index is 0.324. The number of nitrogens with zero attached hydrogens (tertiary/aromatic N) is 1. The molecule has 2 aromatic rings. The number of benzene rings is 1. The molecule has 0 aliphatic rings. The molecule has 0 saturated heterocycles. The SMILES string of the molecule is Cc1ccc(F)cc1NC(=O)c1sc(N)nc1C. The summed E-state index contributed by atoms with van der Waals surface area (Å²) in [5.74, 6) is -0.716. The van der Waals surface area contributed by atoms with Crippen LogP contribution >= 0.6 is 11.3 Å². The van der Waals surface area contributed by atoms with Crippen molar-refractivity contribution in [2.24, 2.45) is 0 Å². The summed E-state index contributed by atoms with van der Waals surface area (Å²) in [5, 5.41) is 3.00. The fraction of sp³-hybridized carbons (Fsp3) is 0.167. The molecule has 1 heterocycles. The number of hydrogen-bond donors (Lipinski definition) is 2. The first kappa shape index (κ1) is 12.5. The van der Waals surface area contributed by atoms with Crippen molar-refractivity contribution in [1.29, 1.82) is 0 Å². The van der Waals surface area contributed by atoms with Crippen LogP contribution in [0.3, 0.4) is 0 Å². The molecule has 1 amide bonds. The number of halogens is 1. The van der Waals surface area contributed by atoms with Crippen molar-refractivity contribution in [3.05, 3.63) is 40.2 Å². The first-order chi connectivity index (χ1) is 8.47. The van der Waals surface area contributed by atoms with E-state index in [0.29, 0.717) is 21.4 Å². The van der Waals surface area contributed by atoms with Gasteiger partial charge in [-0.05, 0) is 31.5 Å². The summed E-state index contributed by atoms with van der Waals surface area (Å²) in [5.41, 5.74) is 7.35. The Kier molecular flexibility index (Phi) is 3.29. The monoisotopic (exact) mass is 265 g/mol. The molecule has 0 spiro atoms. The molecular formula is C12H12FN3OS. The highest BCUT2D eigenvalue weighted by molar-refractivity contribution is 7.17. The number of anilines is 2. The average molecular weight is 265 g/mol. The van der Waals surface area contributed by atoms with E-state index in [1.165, 1.54) is 12.1 Å². The zero-order chi connectivity index (χ0) is 13.3.